The number of rotatable bonds is 10. The van der Waals surface area contributed by atoms with Crippen LogP contribution in [0.5, 0.6) is 0 Å². The van der Waals surface area contributed by atoms with E-state index in [1.807, 2.05) is 7.05 Å². The van der Waals surface area contributed by atoms with Gasteiger partial charge in [-0.2, -0.15) is 0 Å². The summed E-state index contributed by atoms with van der Waals surface area (Å²) in [6.45, 7) is 5.35. The first kappa shape index (κ1) is 23.2. The average Bonchev–Trinajstić information content (AvgIpc) is 2.74. The zero-order valence-corrected chi connectivity index (χ0v) is 18.3. The maximum Gasteiger partial charge on any atom is 0.305 e. The van der Waals surface area contributed by atoms with Crippen molar-refractivity contribution in [2.24, 2.45) is 4.99 Å². The third kappa shape index (κ3) is 8.86. The van der Waals surface area contributed by atoms with Crippen molar-refractivity contribution in [1.82, 2.24) is 15.5 Å². The summed E-state index contributed by atoms with van der Waals surface area (Å²) < 4.78 is 4.66. The maximum absolute atomic E-state index is 11.1. The summed E-state index contributed by atoms with van der Waals surface area (Å²) in [4.78, 5) is 18.0. The van der Waals surface area contributed by atoms with Crippen LogP contribution in [0.25, 0.3) is 0 Å². The van der Waals surface area contributed by atoms with Crippen LogP contribution in [0.15, 0.2) is 35.3 Å². The number of piperidine rings is 1. The molecule has 6 heteroatoms. The lowest BCUT2D eigenvalue weighted by Gasteiger charge is -2.38. The van der Waals surface area contributed by atoms with Crippen LogP contribution in [0, 0.1) is 0 Å². The quantitative estimate of drug-likeness (QED) is 0.272. The summed E-state index contributed by atoms with van der Waals surface area (Å²) in [5.74, 6) is 0.782. The fourth-order valence-electron chi connectivity index (χ4n) is 3.85. The van der Waals surface area contributed by atoms with E-state index in [1.54, 1.807) is 0 Å². The van der Waals surface area contributed by atoms with Crippen LogP contribution in [0.2, 0.25) is 0 Å². The number of esters is 1. The molecule has 1 aliphatic rings. The molecule has 1 aromatic carbocycles. The van der Waals surface area contributed by atoms with Gasteiger partial charge in [0.15, 0.2) is 5.96 Å². The smallest absolute Gasteiger partial charge is 0.305 e. The van der Waals surface area contributed by atoms with E-state index in [4.69, 9.17) is 0 Å². The highest BCUT2D eigenvalue weighted by Crippen LogP contribution is 2.19. The first-order valence-corrected chi connectivity index (χ1v) is 10.9. The summed E-state index contributed by atoms with van der Waals surface area (Å²) in [7, 11) is 3.28. The van der Waals surface area contributed by atoms with Gasteiger partial charge in [-0.1, -0.05) is 43.2 Å². The van der Waals surface area contributed by atoms with E-state index in [2.05, 4.69) is 62.5 Å². The summed E-state index contributed by atoms with van der Waals surface area (Å²) in [5.41, 5.74) is 1.38. The number of aliphatic imine (C=N–C) groups is 1. The molecule has 0 amide bonds. The average molecular weight is 403 g/mol. The second-order valence-corrected chi connectivity index (χ2v) is 7.91. The van der Waals surface area contributed by atoms with Gasteiger partial charge in [0, 0.05) is 45.2 Å². The molecule has 0 aliphatic carbocycles. The van der Waals surface area contributed by atoms with Crippen LogP contribution in [0.4, 0.5) is 0 Å². The Morgan fingerprint density at radius 2 is 1.97 bits per heavy atom. The van der Waals surface area contributed by atoms with E-state index in [0.29, 0.717) is 18.5 Å². The molecule has 0 bridgehead atoms. The molecule has 1 fully saturated rings. The van der Waals surface area contributed by atoms with Crippen molar-refractivity contribution in [3.05, 3.63) is 35.9 Å². The van der Waals surface area contributed by atoms with Crippen LogP contribution in [0.3, 0.4) is 0 Å². The first-order chi connectivity index (χ1) is 14.1. The molecule has 0 saturated carbocycles. The maximum atomic E-state index is 11.1. The number of nitrogens with zero attached hydrogens (tertiary/aromatic N) is 2. The fraction of sp³-hybridized carbons (Fsp3) is 0.652. The zero-order chi connectivity index (χ0) is 20.9. The molecule has 162 valence electrons. The van der Waals surface area contributed by atoms with Gasteiger partial charge in [-0.3, -0.25) is 14.7 Å². The highest BCUT2D eigenvalue weighted by atomic mass is 16.5. The standard InChI is InChI=1S/C23H38N4O2/c1-19-17-21(14-16-27(19)18-20-11-7-6-8-12-20)26-23(24-2)25-15-10-5-4-9-13-22(28)29-3/h6-8,11-12,19,21H,4-5,9-10,13-18H2,1-3H3,(H2,24,25,26). The number of hydrogen-bond donors (Lipinski definition) is 2. The van der Waals surface area contributed by atoms with E-state index in [0.717, 1.165) is 64.1 Å². The molecule has 1 aliphatic heterocycles. The number of ether oxygens (including phenoxy) is 1. The van der Waals surface area contributed by atoms with Crippen molar-refractivity contribution in [2.75, 3.05) is 27.2 Å². The van der Waals surface area contributed by atoms with Crippen molar-refractivity contribution in [3.63, 3.8) is 0 Å². The summed E-state index contributed by atoms with van der Waals surface area (Å²) in [6, 6.07) is 11.7. The van der Waals surface area contributed by atoms with Crippen molar-refractivity contribution < 1.29 is 9.53 Å². The minimum atomic E-state index is -0.114. The number of guanidine groups is 1. The van der Waals surface area contributed by atoms with Gasteiger partial charge in [-0.25, -0.2) is 0 Å². The Balaban J connectivity index is 1.61. The van der Waals surface area contributed by atoms with Crippen LogP contribution in [-0.2, 0) is 16.1 Å². The molecule has 29 heavy (non-hydrogen) atoms. The molecule has 2 unspecified atom stereocenters. The molecule has 1 heterocycles. The topological polar surface area (TPSA) is 66.0 Å². The molecule has 6 nitrogen and oxygen atoms in total. The monoisotopic (exact) mass is 402 g/mol. The predicted octanol–water partition coefficient (Wildman–Crippen LogP) is 3.33. The molecular weight excluding hydrogens is 364 g/mol. The van der Waals surface area contributed by atoms with Crippen molar-refractivity contribution in [1.29, 1.82) is 0 Å². The summed E-state index contributed by atoms with van der Waals surface area (Å²) >= 11 is 0. The van der Waals surface area contributed by atoms with Gasteiger partial charge >= 0.3 is 5.97 Å². The van der Waals surface area contributed by atoms with E-state index in [9.17, 15) is 4.79 Å². The minimum absolute atomic E-state index is 0.114. The molecular formula is C23H38N4O2. The summed E-state index contributed by atoms with van der Waals surface area (Å²) in [6.07, 6.45) is 6.92. The van der Waals surface area contributed by atoms with Crippen molar-refractivity contribution in [3.8, 4) is 0 Å². The van der Waals surface area contributed by atoms with Crippen molar-refractivity contribution >= 4 is 11.9 Å². The second kappa shape index (κ2) is 13.2. The molecule has 1 saturated heterocycles. The number of methoxy groups -OCH3 is 1. The van der Waals surface area contributed by atoms with Gasteiger partial charge in [0.1, 0.15) is 0 Å². The minimum Gasteiger partial charge on any atom is -0.469 e. The van der Waals surface area contributed by atoms with Crippen LogP contribution in [0.1, 0.15) is 57.4 Å². The van der Waals surface area contributed by atoms with Gasteiger partial charge in [0.05, 0.1) is 7.11 Å². The number of unbranched alkanes of at least 4 members (excludes halogenated alkanes) is 3. The number of nitrogens with one attached hydrogen (secondary N) is 2. The first-order valence-electron chi connectivity index (χ1n) is 10.9. The highest BCUT2D eigenvalue weighted by Gasteiger charge is 2.25. The number of benzene rings is 1. The largest absolute Gasteiger partial charge is 0.469 e. The molecule has 0 aromatic heterocycles. The van der Waals surface area contributed by atoms with Crippen LogP contribution >= 0.6 is 0 Å². The lowest BCUT2D eigenvalue weighted by molar-refractivity contribution is -0.140. The third-order valence-electron chi connectivity index (χ3n) is 5.63. The van der Waals surface area contributed by atoms with Crippen molar-refractivity contribution in [2.45, 2.75) is 70.5 Å². The van der Waals surface area contributed by atoms with Crippen LogP contribution in [-0.4, -0.2) is 56.2 Å². The lowest BCUT2D eigenvalue weighted by atomic mass is 9.97. The lowest BCUT2D eigenvalue weighted by Crippen LogP contribution is -2.51. The molecule has 2 N–H and O–H groups in total. The predicted molar refractivity (Wildman–Crippen MR) is 119 cm³/mol. The Morgan fingerprint density at radius 3 is 2.66 bits per heavy atom. The Kier molecular flexibility index (Phi) is 10.6. The Morgan fingerprint density at radius 1 is 1.21 bits per heavy atom. The SMILES string of the molecule is CN=C(NCCCCCCC(=O)OC)NC1CCN(Cc2ccccc2)C(C)C1. The number of hydrogen-bond acceptors (Lipinski definition) is 4. The Bertz CT molecular complexity index is 621. The van der Waals surface area contributed by atoms with E-state index in [1.165, 1.54) is 12.7 Å². The Hall–Kier alpha value is -2.08. The van der Waals surface area contributed by atoms with Gasteiger partial charge in [-0.15, -0.1) is 0 Å². The van der Waals surface area contributed by atoms with Gasteiger partial charge in [0.2, 0.25) is 0 Å². The highest BCUT2D eigenvalue weighted by molar-refractivity contribution is 5.79. The molecule has 2 rings (SSSR count). The normalized spacial score (nSPS) is 20.3. The van der Waals surface area contributed by atoms with Gasteiger partial charge < -0.3 is 15.4 Å². The molecule has 2 atom stereocenters. The fourth-order valence-corrected chi connectivity index (χ4v) is 3.85. The molecule has 0 radical (unpaired) electrons. The molecule has 0 spiro atoms. The number of carbonyl (C=O) groups is 1. The number of carbonyl (C=O) groups excluding carboxylic acids is 1. The van der Waals surface area contributed by atoms with Crippen LogP contribution < -0.4 is 10.6 Å². The molecule has 1 aromatic rings. The number of likely N-dealkylation sites (tertiary alicyclic amines) is 1. The van der Waals surface area contributed by atoms with E-state index in [-0.39, 0.29) is 5.97 Å². The second-order valence-electron chi connectivity index (χ2n) is 7.91. The third-order valence-corrected chi connectivity index (χ3v) is 5.63. The van der Waals surface area contributed by atoms with Gasteiger partial charge in [-0.05, 0) is 38.2 Å². The van der Waals surface area contributed by atoms with Gasteiger partial charge in [0.25, 0.3) is 0 Å². The van der Waals surface area contributed by atoms with E-state index >= 15 is 0 Å². The zero-order valence-electron chi connectivity index (χ0n) is 18.3. The summed E-state index contributed by atoms with van der Waals surface area (Å²) in [5, 5.41) is 7.02. The van der Waals surface area contributed by atoms with E-state index < -0.39 is 0 Å². The Labute approximate surface area is 176 Å².